The molecule has 0 aliphatic carbocycles. The number of sulfonamides is 1. The molecule has 10 heteroatoms. The molecule has 0 saturated heterocycles. The molecule has 20 heavy (non-hydrogen) atoms. The van der Waals surface area contributed by atoms with Crippen LogP contribution in [-0.4, -0.2) is 50.8 Å². The summed E-state index contributed by atoms with van der Waals surface area (Å²) in [6.07, 6.45) is 0.913. The van der Waals surface area contributed by atoms with Gasteiger partial charge in [0.05, 0.1) is 17.2 Å². The Hall–Kier alpha value is -1.81. The third-order valence-corrected chi connectivity index (χ3v) is 4.72. The van der Waals surface area contributed by atoms with Gasteiger partial charge in [-0.2, -0.15) is 0 Å². The number of carboxylic acids is 1. The van der Waals surface area contributed by atoms with E-state index < -0.39 is 43.1 Å². The Bertz CT molecular complexity index is 722. The second kappa shape index (κ2) is 5.67. The number of benzene rings is 1. The zero-order valence-electron chi connectivity index (χ0n) is 10.4. The topological polar surface area (TPSA) is 138 Å². The lowest BCUT2D eigenvalue weighted by atomic mass is 10.2. The van der Waals surface area contributed by atoms with Crippen molar-refractivity contribution in [1.82, 2.24) is 0 Å². The summed E-state index contributed by atoms with van der Waals surface area (Å²) < 4.78 is 47.1. The molecule has 3 N–H and O–H groups in total. The van der Waals surface area contributed by atoms with Gasteiger partial charge in [0.25, 0.3) is 0 Å². The van der Waals surface area contributed by atoms with Gasteiger partial charge in [0, 0.05) is 12.3 Å². The molecule has 0 aromatic heterocycles. The van der Waals surface area contributed by atoms with Gasteiger partial charge < -0.3 is 10.2 Å². The monoisotopic (exact) mass is 323 g/mol. The first kappa shape index (κ1) is 16.2. The minimum absolute atomic E-state index is 0.0546. The smallest absolute Gasteiger partial charge is 0.339 e. The van der Waals surface area contributed by atoms with E-state index in [-0.39, 0.29) is 11.3 Å². The van der Waals surface area contributed by atoms with E-state index in [1.54, 1.807) is 0 Å². The molecule has 0 amide bonds. The van der Waals surface area contributed by atoms with Gasteiger partial charge in [0.1, 0.15) is 21.2 Å². The zero-order chi connectivity index (χ0) is 15.6. The fourth-order valence-corrected chi connectivity index (χ4v) is 3.94. The van der Waals surface area contributed by atoms with E-state index in [9.17, 15) is 26.7 Å². The fourth-order valence-electron chi connectivity index (χ4n) is 1.27. The Labute approximate surface area is 116 Å². The average Bonchev–Trinajstić information content (AvgIpc) is 2.24. The molecule has 1 aromatic carbocycles. The van der Waals surface area contributed by atoms with Crippen molar-refractivity contribution < 1.29 is 31.8 Å². The number of anilines is 1. The van der Waals surface area contributed by atoms with Gasteiger partial charge in [-0.1, -0.05) is 0 Å². The molecule has 1 aromatic rings. The summed E-state index contributed by atoms with van der Waals surface area (Å²) in [6, 6.07) is 3.12. The van der Waals surface area contributed by atoms with Crippen molar-refractivity contribution in [3.8, 4) is 5.75 Å². The van der Waals surface area contributed by atoms with Crippen molar-refractivity contribution >= 4 is 31.5 Å². The van der Waals surface area contributed by atoms with Crippen molar-refractivity contribution in [2.75, 3.05) is 22.5 Å². The van der Waals surface area contributed by atoms with Crippen LogP contribution in [0.5, 0.6) is 5.75 Å². The first-order valence-corrected chi connectivity index (χ1v) is 8.96. The average molecular weight is 323 g/mol. The SMILES string of the molecule is CS(=O)(=O)CCS(=O)(=O)Nc1ccc(C(=O)O)c(O)c1. The summed E-state index contributed by atoms with van der Waals surface area (Å²) in [6.45, 7) is 0. The van der Waals surface area contributed by atoms with Crippen LogP contribution in [0.2, 0.25) is 0 Å². The zero-order valence-corrected chi connectivity index (χ0v) is 12.0. The molecule has 0 unspecified atom stereocenters. The highest BCUT2D eigenvalue weighted by atomic mass is 32.2. The third kappa shape index (κ3) is 5.05. The van der Waals surface area contributed by atoms with Crippen molar-refractivity contribution in [3.05, 3.63) is 23.8 Å². The van der Waals surface area contributed by atoms with Crippen LogP contribution in [0.15, 0.2) is 18.2 Å². The van der Waals surface area contributed by atoms with E-state index in [1.165, 1.54) is 0 Å². The predicted molar refractivity (Wildman–Crippen MR) is 72.2 cm³/mol. The minimum Gasteiger partial charge on any atom is -0.507 e. The number of hydrogen-bond acceptors (Lipinski definition) is 6. The van der Waals surface area contributed by atoms with Gasteiger partial charge in [-0.25, -0.2) is 21.6 Å². The normalized spacial score (nSPS) is 12.1. The number of nitrogens with one attached hydrogen (secondary N) is 1. The summed E-state index contributed by atoms with van der Waals surface area (Å²) in [5.74, 6) is -3.12. The molecule has 0 atom stereocenters. The lowest BCUT2D eigenvalue weighted by molar-refractivity contribution is 0.0693. The molecule has 0 spiro atoms. The van der Waals surface area contributed by atoms with E-state index in [2.05, 4.69) is 4.72 Å². The Kier molecular flexibility index (Phi) is 4.61. The molecule has 0 saturated carbocycles. The molecule has 0 aliphatic heterocycles. The number of hydrogen-bond donors (Lipinski definition) is 3. The second-order valence-electron chi connectivity index (χ2n) is 4.09. The summed E-state index contributed by atoms with van der Waals surface area (Å²) in [5, 5.41) is 18.1. The van der Waals surface area contributed by atoms with Crippen molar-refractivity contribution in [3.63, 3.8) is 0 Å². The molecule has 0 heterocycles. The van der Waals surface area contributed by atoms with Gasteiger partial charge in [-0.05, 0) is 12.1 Å². The molecule has 0 fully saturated rings. The minimum atomic E-state index is -3.91. The molecule has 8 nitrogen and oxygen atoms in total. The summed E-state index contributed by atoms with van der Waals surface area (Å²) in [4.78, 5) is 10.7. The number of sulfone groups is 1. The van der Waals surface area contributed by atoms with Gasteiger partial charge in [0.2, 0.25) is 10.0 Å². The Balaban J connectivity index is 2.88. The number of rotatable bonds is 6. The molecule has 0 radical (unpaired) electrons. The number of phenols is 1. The summed E-state index contributed by atoms with van der Waals surface area (Å²) in [5.41, 5.74) is -0.426. The third-order valence-electron chi connectivity index (χ3n) is 2.22. The number of aromatic carboxylic acids is 1. The van der Waals surface area contributed by atoms with E-state index in [1.807, 2.05) is 0 Å². The van der Waals surface area contributed by atoms with E-state index in [4.69, 9.17) is 5.11 Å². The van der Waals surface area contributed by atoms with Gasteiger partial charge in [-0.15, -0.1) is 0 Å². The lowest BCUT2D eigenvalue weighted by Crippen LogP contribution is -2.22. The van der Waals surface area contributed by atoms with Crippen LogP contribution >= 0.6 is 0 Å². The highest BCUT2D eigenvalue weighted by Gasteiger charge is 2.16. The van der Waals surface area contributed by atoms with Crippen LogP contribution in [0.3, 0.4) is 0 Å². The molecular formula is C10H13NO7S2. The van der Waals surface area contributed by atoms with E-state index >= 15 is 0 Å². The first-order valence-electron chi connectivity index (χ1n) is 5.25. The van der Waals surface area contributed by atoms with Crippen LogP contribution in [0.25, 0.3) is 0 Å². The number of carbonyl (C=O) groups is 1. The standard InChI is InChI=1S/C10H13NO7S2/c1-19(15,16)4-5-20(17,18)11-7-2-3-8(10(13)14)9(12)6-7/h2-3,6,11-12H,4-5H2,1H3,(H,13,14). The number of carboxylic acid groups (broad SMARTS) is 1. The van der Waals surface area contributed by atoms with Gasteiger partial charge in [-0.3, -0.25) is 4.72 Å². The van der Waals surface area contributed by atoms with E-state index in [0.717, 1.165) is 24.5 Å². The molecule has 0 bridgehead atoms. The maximum Gasteiger partial charge on any atom is 0.339 e. The van der Waals surface area contributed by atoms with Crippen molar-refractivity contribution in [2.45, 2.75) is 0 Å². The number of aromatic hydroxyl groups is 1. The fraction of sp³-hybridized carbons (Fsp3) is 0.300. The summed E-state index contributed by atoms with van der Waals surface area (Å²) in [7, 11) is -7.33. The molecular weight excluding hydrogens is 310 g/mol. The first-order chi connectivity index (χ1) is 9.00. The quantitative estimate of drug-likeness (QED) is 0.663. The Morgan fingerprint density at radius 1 is 1.20 bits per heavy atom. The predicted octanol–water partition coefficient (Wildman–Crippen LogP) is -0.123. The highest BCUT2D eigenvalue weighted by Crippen LogP contribution is 2.22. The summed E-state index contributed by atoms with van der Waals surface area (Å²) >= 11 is 0. The Morgan fingerprint density at radius 3 is 2.25 bits per heavy atom. The molecule has 0 aliphatic rings. The van der Waals surface area contributed by atoms with Gasteiger partial charge >= 0.3 is 5.97 Å². The van der Waals surface area contributed by atoms with Crippen LogP contribution in [0.4, 0.5) is 5.69 Å². The van der Waals surface area contributed by atoms with Gasteiger partial charge in [0.15, 0.2) is 0 Å². The van der Waals surface area contributed by atoms with Crippen molar-refractivity contribution in [1.29, 1.82) is 0 Å². The van der Waals surface area contributed by atoms with Crippen LogP contribution in [0.1, 0.15) is 10.4 Å². The van der Waals surface area contributed by atoms with Crippen LogP contribution < -0.4 is 4.72 Å². The largest absolute Gasteiger partial charge is 0.507 e. The van der Waals surface area contributed by atoms with Crippen LogP contribution in [0, 0.1) is 0 Å². The van der Waals surface area contributed by atoms with E-state index in [0.29, 0.717) is 0 Å². The molecule has 112 valence electrons. The molecule has 1 rings (SSSR count). The highest BCUT2D eigenvalue weighted by molar-refractivity contribution is 7.95. The van der Waals surface area contributed by atoms with Crippen LogP contribution in [-0.2, 0) is 19.9 Å². The maximum atomic E-state index is 11.6. The second-order valence-corrected chi connectivity index (χ2v) is 8.19. The lowest BCUT2D eigenvalue weighted by Gasteiger charge is -2.08. The maximum absolute atomic E-state index is 11.6. The van der Waals surface area contributed by atoms with Crippen molar-refractivity contribution in [2.24, 2.45) is 0 Å². The Morgan fingerprint density at radius 2 is 1.80 bits per heavy atom.